The zero-order valence-electron chi connectivity index (χ0n) is 14.2. The second-order valence-corrected chi connectivity index (χ2v) is 7.65. The highest BCUT2D eigenvalue weighted by Crippen LogP contribution is 2.04. The summed E-state index contributed by atoms with van der Waals surface area (Å²) >= 11 is 0. The number of aliphatic carboxylic acids is 2. The molecule has 1 unspecified atom stereocenters. The number of nitrogens with one attached hydrogen (secondary N) is 1. The van der Waals surface area contributed by atoms with Crippen molar-refractivity contribution in [3.05, 3.63) is 0 Å². The van der Waals surface area contributed by atoms with Gasteiger partial charge in [-0.2, -0.15) is 8.42 Å². The molecule has 0 saturated heterocycles. The molecule has 0 aromatic carbocycles. The van der Waals surface area contributed by atoms with Gasteiger partial charge in [-0.1, -0.05) is 27.7 Å². The number of hydrogen-bond acceptors (Lipinski definition) is 5. The summed E-state index contributed by atoms with van der Waals surface area (Å²) in [6.07, 6.45) is 1.45. The third kappa shape index (κ3) is 17.0. The lowest BCUT2D eigenvalue weighted by Gasteiger charge is -2.07. The van der Waals surface area contributed by atoms with E-state index >= 15 is 0 Å². The fourth-order valence-electron chi connectivity index (χ4n) is 1.39. The van der Waals surface area contributed by atoms with E-state index in [0.717, 1.165) is 11.8 Å². The summed E-state index contributed by atoms with van der Waals surface area (Å²) in [6.45, 7) is 11.4. The topological polar surface area (TPSA) is 141 Å². The third-order valence-electron chi connectivity index (χ3n) is 2.79. The molecular formula is C14H29NO7S. The van der Waals surface area contributed by atoms with Crippen molar-refractivity contribution in [3.63, 3.8) is 0 Å². The minimum Gasteiger partial charge on any atom is -0.481 e. The molecule has 23 heavy (non-hydrogen) atoms. The van der Waals surface area contributed by atoms with Crippen molar-refractivity contribution in [1.29, 1.82) is 0 Å². The number of carboxylic acid groups (broad SMARTS) is 2. The van der Waals surface area contributed by atoms with Crippen LogP contribution in [0.5, 0.6) is 0 Å². The maximum absolute atomic E-state index is 10.2. The van der Waals surface area contributed by atoms with Gasteiger partial charge in [0.1, 0.15) is 0 Å². The first kappa shape index (κ1) is 24.1. The average Bonchev–Trinajstić information content (AvgIpc) is 2.33. The molecule has 4 N–H and O–H groups in total. The van der Waals surface area contributed by atoms with E-state index in [1.807, 2.05) is 0 Å². The summed E-state index contributed by atoms with van der Waals surface area (Å²) in [6, 6.07) is 0. The van der Waals surface area contributed by atoms with E-state index in [1.165, 1.54) is 25.9 Å². The molecule has 0 aromatic rings. The first-order valence-electron chi connectivity index (χ1n) is 7.49. The van der Waals surface area contributed by atoms with Gasteiger partial charge >= 0.3 is 11.9 Å². The molecule has 0 aliphatic heterocycles. The highest BCUT2D eigenvalue weighted by atomic mass is 32.2. The predicted molar refractivity (Wildman–Crippen MR) is 87.0 cm³/mol. The van der Waals surface area contributed by atoms with Gasteiger partial charge in [-0.25, -0.2) is 0 Å². The van der Waals surface area contributed by atoms with Crippen LogP contribution in [0, 0.1) is 11.8 Å². The maximum atomic E-state index is 10.2. The Balaban J connectivity index is 0. The van der Waals surface area contributed by atoms with E-state index < -0.39 is 33.7 Å². The predicted octanol–water partition coefficient (Wildman–Crippen LogP) is 1.47. The summed E-state index contributed by atoms with van der Waals surface area (Å²) in [7, 11) is -4.84. The van der Waals surface area contributed by atoms with Gasteiger partial charge in [0.15, 0.2) is 5.25 Å². The fourth-order valence-corrected chi connectivity index (χ4v) is 1.99. The molecule has 0 rings (SSSR count). The Kier molecular flexibility index (Phi) is 12.8. The minimum absolute atomic E-state index is 0.835. The van der Waals surface area contributed by atoms with Crippen molar-refractivity contribution < 1.29 is 32.8 Å². The van der Waals surface area contributed by atoms with E-state index in [4.69, 9.17) is 14.8 Å². The molecule has 0 fully saturated rings. The average molecular weight is 355 g/mol. The van der Waals surface area contributed by atoms with Crippen LogP contribution in [0.2, 0.25) is 0 Å². The third-order valence-corrected chi connectivity index (χ3v) is 3.88. The number of carboxylic acids is 2. The molecule has 0 aliphatic carbocycles. The first-order chi connectivity index (χ1) is 10.4. The van der Waals surface area contributed by atoms with E-state index in [2.05, 4.69) is 33.0 Å². The summed E-state index contributed by atoms with van der Waals surface area (Å²) in [5, 5.41) is 17.4. The van der Waals surface area contributed by atoms with Crippen molar-refractivity contribution >= 4 is 22.1 Å². The molecular weight excluding hydrogens is 326 g/mol. The van der Waals surface area contributed by atoms with Gasteiger partial charge in [-0.3, -0.25) is 14.1 Å². The Bertz CT molecular complexity index is 436. The van der Waals surface area contributed by atoms with Gasteiger partial charge in [0.2, 0.25) is 0 Å². The summed E-state index contributed by atoms with van der Waals surface area (Å²) in [4.78, 5) is 20.0. The van der Waals surface area contributed by atoms with Crippen LogP contribution in [0.3, 0.4) is 0 Å². The Hall–Kier alpha value is -1.19. The molecule has 9 heteroatoms. The van der Waals surface area contributed by atoms with Gasteiger partial charge in [-0.15, -0.1) is 0 Å². The highest BCUT2D eigenvalue weighted by Gasteiger charge is 2.33. The number of rotatable bonds is 10. The zero-order valence-corrected chi connectivity index (χ0v) is 15.0. The van der Waals surface area contributed by atoms with Crippen molar-refractivity contribution in [1.82, 2.24) is 5.32 Å². The molecule has 0 saturated carbocycles. The van der Waals surface area contributed by atoms with E-state index in [9.17, 15) is 18.0 Å². The largest absolute Gasteiger partial charge is 0.481 e. The van der Waals surface area contributed by atoms with Crippen molar-refractivity contribution in [3.8, 4) is 0 Å². The molecule has 0 amide bonds. The Morgan fingerprint density at radius 3 is 1.52 bits per heavy atom. The number of hydrogen-bond donors (Lipinski definition) is 4. The zero-order chi connectivity index (χ0) is 18.6. The van der Waals surface area contributed by atoms with Crippen molar-refractivity contribution in [2.45, 2.75) is 52.2 Å². The van der Waals surface area contributed by atoms with Gasteiger partial charge in [-0.05, 0) is 37.8 Å². The molecule has 0 spiro atoms. The Morgan fingerprint density at radius 2 is 1.35 bits per heavy atom. The normalized spacial score (nSPS) is 12.7. The van der Waals surface area contributed by atoms with Crippen LogP contribution in [0.15, 0.2) is 0 Å². The summed E-state index contributed by atoms with van der Waals surface area (Å²) < 4.78 is 28.7. The molecule has 0 radical (unpaired) electrons. The lowest BCUT2D eigenvalue weighted by Crippen LogP contribution is -2.31. The van der Waals surface area contributed by atoms with Gasteiger partial charge < -0.3 is 15.5 Å². The molecule has 0 heterocycles. The van der Waals surface area contributed by atoms with Crippen LogP contribution in [0.25, 0.3) is 0 Å². The summed E-state index contributed by atoms with van der Waals surface area (Å²) in [5.41, 5.74) is 0. The van der Waals surface area contributed by atoms with E-state index in [-0.39, 0.29) is 0 Å². The highest BCUT2D eigenvalue weighted by molar-refractivity contribution is 7.87. The maximum Gasteiger partial charge on any atom is 0.325 e. The van der Waals surface area contributed by atoms with Gasteiger partial charge in [0.05, 0.1) is 6.42 Å². The van der Waals surface area contributed by atoms with Crippen LogP contribution in [0.4, 0.5) is 0 Å². The lowest BCUT2D eigenvalue weighted by molar-refractivity contribution is -0.143. The second-order valence-electron chi connectivity index (χ2n) is 6.05. The SMILES string of the molecule is CC(C)CCNCCC(C)C.O=C(O)CC(C(=O)O)S(=O)(=O)O. The Labute approximate surface area is 138 Å². The Morgan fingerprint density at radius 1 is 0.957 bits per heavy atom. The molecule has 0 bridgehead atoms. The van der Waals surface area contributed by atoms with Gasteiger partial charge in [0.25, 0.3) is 10.1 Å². The first-order valence-corrected chi connectivity index (χ1v) is 8.99. The molecule has 1 atom stereocenters. The second kappa shape index (κ2) is 12.3. The number of carbonyl (C=O) groups is 2. The fraction of sp³-hybridized carbons (Fsp3) is 0.857. The van der Waals surface area contributed by atoms with E-state index in [0.29, 0.717) is 0 Å². The van der Waals surface area contributed by atoms with Crippen molar-refractivity contribution in [2.75, 3.05) is 13.1 Å². The van der Waals surface area contributed by atoms with Crippen LogP contribution >= 0.6 is 0 Å². The lowest BCUT2D eigenvalue weighted by atomic mass is 10.1. The molecule has 8 nitrogen and oxygen atoms in total. The van der Waals surface area contributed by atoms with Crippen LogP contribution < -0.4 is 5.32 Å². The standard InChI is InChI=1S/C10H23N.C4H6O7S/c1-9(2)5-7-11-8-6-10(3)4;5-3(6)1-2(4(7)8)12(9,10)11/h9-11H,5-8H2,1-4H3;2H,1H2,(H,5,6)(H,7,8)(H,9,10,11). The molecule has 0 aliphatic rings. The van der Waals surface area contributed by atoms with Crippen LogP contribution in [-0.4, -0.2) is 53.5 Å². The monoisotopic (exact) mass is 355 g/mol. The minimum atomic E-state index is -4.84. The van der Waals surface area contributed by atoms with Crippen molar-refractivity contribution in [2.24, 2.45) is 11.8 Å². The molecule has 138 valence electrons. The van der Waals surface area contributed by atoms with Crippen LogP contribution in [-0.2, 0) is 19.7 Å². The van der Waals surface area contributed by atoms with Crippen LogP contribution in [0.1, 0.15) is 47.0 Å². The molecule has 0 aromatic heterocycles. The van der Waals surface area contributed by atoms with E-state index in [1.54, 1.807) is 0 Å². The quantitative estimate of drug-likeness (QED) is 0.341. The summed E-state index contributed by atoms with van der Waals surface area (Å²) in [5.74, 6) is -1.83. The van der Waals surface area contributed by atoms with Gasteiger partial charge in [0, 0.05) is 0 Å². The smallest absolute Gasteiger partial charge is 0.325 e.